The monoisotopic (exact) mass is 401 g/mol. The lowest BCUT2D eigenvalue weighted by Crippen LogP contribution is -2.35. The van der Waals surface area contributed by atoms with Crippen LogP contribution in [0.3, 0.4) is 0 Å². The van der Waals surface area contributed by atoms with Gasteiger partial charge in [-0.2, -0.15) is 5.10 Å². The molecule has 0 saturated carbocycles. The maximum Gasteiger partial charge on any atom is 0.259 e. The van der Waals surface area contributed by atoms with E-state index >= 15 is 0 Å². The molecule has 0 fully saturated rings. The first-order valence-corrected chi connectivity index (χ1v) is 9.54. The number of aryl methyl sites for hydroxylation is 1. The van der Waals surface area contributed by atoms with Gasteiger partial charge in [0, 0.05) is 5.56 Å². The minimum Gasteiger partial charge on any atom is -0.489 e. The summed E-state index contributed by atoms with van der Waals surface area (Å²) in [5.74, 6) is -0.000198. The van der Waals surface area contributed by atoms with Crippen LogP contribution in [0.25, 0.3) is 0 Å². The summed E-state index contributed by atoms with van der Waals surface area (Å²) in [5, 5.41) is 6.52. The number of rotatable bonds is 8. The average Bonchev–Trinajstić information content (AvgIpc) is 2.77. The number of hydrogen-bond donors (Lipinski definition) is 2. The van der Waals surface area contributed by atoms with E-state index in [0.717, 1.165) is 16.7 Å². The number of hydrogen-bond acceptors (Lipinski definition) is 4. The second-order valence-electron chi connectivity index (χ2n) is 6.64. The number of ether oxygens (including phenoxy) is 1. The Morgan fingerprint density at radius 3 is 2.53 bits per heavy atom. The predicted octanol–water partition coefficient (Wildman–Crippen LogP) is 3.45. The van der Waals surface area contributed by atoms with Gasteiger partial charge in [-0.15, -0.1) is 0 Å². The summed E-state index contributed by atoms with van der Waals surface area (Å²) in [6.45, 7) is 2.15. The Kier molecular flexibility index (Phi) is 7.33. The molecule has 2 amide bonds. The summed E-state index contributed by atoms with van der Waals surface area (Å²) in [5.41, 5.74) is 5.66. The molecule has 0 aliphatic heterocycles. The van der Waals surface area contributed by atoms with Gasteiger partial charge in [0.2, 0.25) is 0 Å². The van der Waals surface area contributed by atoms with Crippen molar-refractivity contribution < 1.29 is 14.3 Å². The molecule has 0 aromatic heterocycles. The summed E-state index contributed by atoms with van der Waals surface area (Å²) >= 11 is 0. The molecule has 0 aliphatic rings. The van der Waals surface area contributed by atoms with E-state index in [0.29, 0.717) is 17.9 Å². The zero-order chi connectivity index (χ0) is 21.2. The third-order valence-electron chi connectivity index (χ3n) is 4.31. The SMILES string of the molecule is Cc1ccccc1C(=O)NCC(=O)NN=Cc1cccc(OCc2ccccc2)c1. The third kappa shape index (κ3) is 6.31. The van der Waals surface area contributed by atoms with Crippen molar-refractivity contribution in [2.75, 3.05) is 6.54 Å². The fourth-order valence-electron chi connectivity index (χ4n) is 2.73. The molecule has 0 atom stereocenters. The normalized spacial score (nSPS) is 10.6. The predicted molar refractivity (Wildman–Crippen MR) is 116 cm³/mol. The van der Waals surface area contributed by atoms with Crippen LogP contribution in [0.4, 0.5) is 0 Å². The number of carbonyl (C=O) groups excluding carboxylic acids is 2. The molecule has 6 heteroatoms. The van der Waals surface area contributed by atoms with Crippen molar-refractivity contribution >= 4 is 18.0 Å². The van der Waals surface area contributed by atoms with Crippen LogP contribution in [-0.2, 0) is 11.4 Å². The summed E-state index contributed by atoms with van der Waals surface area (Å²) in [6.07, 6.45) is 1.52. The zero-order valence-corrected chi connectivity index (χ0v) is 16.7. The quantitative estimate of drug-likeness (QED) is 0.448. The van der Waals surface area contributed by atoms with Gasteiger partial charge in [-0.05, 0) is 41.8 Å². The topological polar surface area (TPSA) is 79.8 Å². The fraction of sp³-hybridized carbons (Fsp3) is 0.125. The minimum atomic E-state index is -0.412. The Morgan fingerprint density at radius 2 is 1.73 bits per heavy atom. The summed E-state index contributed by atoms with van der Waals surface area (Å²) < 4.78 is 5.78. The van der Waals surface area contributed by atoms with Crippen molar-refractivity contribution in [2.24, 2.45) is 5.10 Å². The Hall–Kier alpha value is -3.93. The number of hydrazone groups is 1. The maximum atomic E-state index is 12.1. The molecule has 2 N–H and O–H groups in total. The van der Waals surface area contributed by atoms with Crippen LogP contribution in [0.2, 0.25) is 0 Å². The molecule has 0 heterocycles. The lowest BCUT2D eigenvalue weighted by atomic mass is 10.1. The van der Waals surface area contributed by atoms with E-state index in [9.17, 15) is 9.59 Å². The highest BCUT2D eigenvalue weighted by Gasteiger charge is 2.09. The van der Waals surface area contributed by atoms with Crippen molar-refractivity contribution in [3.63, 3.8) is 0 Å². The summed E-state index contributed by atoms with van der Waals surface area (Å²) in [4.78, 5) is 24.0. The molecule has 0 spiro atoms. The highest BCUT2D eigenvalue weighted by atomic mass is 16.5. The number of nitrogens with one attached hydrogen (secondary N) is 2. The van der Waals surface area contributed by atoms with E-state index in [-0.39, 0.29) is 12.5 Å². The van der Waals surface area contributed by atoms with Gasteiger partial charge in [0.15, 0.2) is 0 Å². The molecule has 0 unspecified atom stereocenters. The van der Waals surface area contributed by atoms with Crippen molar-refractivity contribution in [3.05, 3.63) is 101 Å². The Morgan fingerprint density at radius 1 is 0.967 bits per heavy atom. The zero-order valence-electron chi connectivity index (χ0n) is 16.7. The number of amides is 2. The van der Waals surface area contributed by atoms with Crippen molar-refractivity contribution in [1.82, 2.24) is 10.7 Å². The van der Waals surface area contributed by atoms with E-state index in [4.69, 9.17) is 4.74 Å². The van der Waals surface area contributed by atoms with Crippen LogP contribution >= 0.6 is 0 Å². The number of nitrogens with zero attached hydrogens (tertiary/aromatic N) is 1. The van der Waals surface area contributed by atoms with E-state index in [1.165, 1.54) is 6.21 Å². The van der Waals surface area contributed by atoms with Crippen LogP contribution < -0.4 is 15.5 Å². The highest BCUT2D eigenvalue weighted by Crippen LogP contribution is 2.14. The molecule has 0 radical (unpaired) electrons. The van der Waals surface area contributed by atoms with Gasteiger partial charge >= 0.3 is 0 Å². The van der Waals surface area contributed by atoms with E-state index in [1.807, 2.05) is 73.7 Å². The molecule has 0 saturated heterocycles. The first-order chi connectivity index (χ1) is 14.6. The highest BCUT2D eigenvalue weighted by molar-refractivity contribution is 5.97. The smallest absolute Gasteiger partial charge is 0.259 e. The van der Waals surface area contributed by atoms with E-state index < -0.39 is 5.91 Å². The van der Waals surface area contributed by atoms with Gasteiger partial charge in [-0.1, -0.05) is 60.7 Å². The number of benzene rings is 3. The largest absolute Gasteiger partial charge is 0.489 e. The summed E-state index contributed by atoms with van der Waals surface area (Å²) in [7, 11) is 0. The van der Waals surface area contributed by atoms with Crippen LogP contribution in [0.5, 0.6) is 5.75 Å². The molecule has 0 bridgehead atoms. The second kappa shape index (κ2) is 10.6. The van der Waals surface area contributed by atoms with Crippen LogP contribution in [-0.4, -0.2) is 24.6 Å². The van der Waals surface area contributed by atoms with Crippen LogP contribution in [0.15, 0.2) is 84.0 Å². The van der Waals surface area contributed by atoms with Crippen molar-refractivity contribution in [3.8, 4) is 5.75 Å². The third-order valence-corrected chi connectivity index (χ3v) is 4.31. The van der Waals surface area contributed by atoms with Gasteiger partial charge in [0.25, 0.3) is 11.8 Å². The average molecular weight is 401 g/mol. The fourth-order valence-corrected chi connectivity index (χ4v) is 2.73. The maximum absolute atomic E-state index is 12.1. The molecule has 0 aliphatic carbocycles. The lowest BCUT2D eigenvalue weighted by molar-refractivity contribution is -0.120. The van der Waals surface area contributed by atoms with Gasteiger partial charge < -0.3 is 10.1 Å². The molecule has 30 heavy (non-hydrogen) atoms. The van der Waals surface area contributed by atoms with Gasteiger partial charge in [-0.3, -0.25) is 9.59 Å². The molecule has 6 nitrogen and oxygen atoms in total. The lowest BCUT2D eigenvalue weighted by Gasteiger charge is -2.07. The Bertz CT molecular complexity index is 1030. The molecule has 152 valence electrons. The first-order valence-electron chi connectivity index (χ1n) is 9.54. The molecule has 3 aromatic carbocycles. The molecule has 3 aromatic rings. The first kappa shape index (κ1) is 20.8. The van der Waals surface area contributed by atoms with Gasteiger partial charge in [0.1, 0.15) is 12.4 Å². The minimum absolute atomic E-state index is 0.162. The Balaban J connectivity index is 1.46. The standard InChI is InChI=1S/C24H23N3O3/c1-18-8-5-6-13-22(18)24(29)25-16-23(28)27-26-15-20-11-7-12-21(14-20)30-17-19-9-3-2-4-10-19/h2-15H,16-17H2,1H3,(H,25,29)(H,27,28). The van der Waals surface area contributed by atoms with Gasteiger partial charge in [0.05, 0.1) is 12.8 Å². The van der Waals surface area contributed by atoms with Crippen LogP contribution in [0.1, 0.15) is 27.0 Å². The molecular weight excluding hydrogens is 378 g/mol. The van der Waals surface area contributed by atoms with Crippen molar-refractivity contribution in [1.29, 1.82) is 0 Å². The molecule has 3 rings (SSSR count). The van der Waals surface area contributed by atoms with Gasteiger partial charge in [-0.25, -0.2) is 5.43 Å². The van der Waals surface area contributed by atoms with E-state index in [2.05, 4.69) is 15.8 Å². The van der Waals surface area contributed by atoms with Crippen LogP contribution in [0, 0.1) is 6.92 Å². The number of carbonyl (C=O) groups is 2. The van der Waals surface area contributed by atoms with E-state index in [1.54, 1.807) is 12.1 Å². The van der Waals surface area contributed by atoms with Crippen molar-refractivity contribution in [2.45, 2.75) is 13.5 Å². The Labute approximate surface area is 175 Å². The second-order valence-corrected chi connectivity index (χ2v) is 6.64. The molecular formula is C24H23N3O3. The summed E-state index contributed by atoms with van der Waals surface area (Å²) in [6, 6.07) is 24.5.